The Morgan fingerprint density at radius 1 is 1.19 bits per heavy atom. The maximum Gasteiger partial charge on any atom is 0.307 e. The average Bonchev–Trinajstić information content (AvgIpc) is 3.29. The normalized spacial score (nSPS) is 26.8. The Hall–Kier alpha value is -1.92. The number of carbonyl (C=O) groups excluding carboxylic acids is 1. The summed E-state index contributed by atoms with van der Waals surface area (Å²) in [6.45, 7) is 1.95. The first kappa shape index (κ1) is 17.5. The number of amides is 1. The third-order valence-electron chi connectivity index (χ3n) is 5.65. The highest BCUT2D eigenvalue weighted by atomic mass is 35.5. The van der Waals surface area contributed by atoms with Gasteiger partial charge in [-0.2, -0.15) is 0 Å². The molecule has 4 atom stereocenters. The molecule has 0 unspecified atom stereocenters. The van der Waals surface area contributed by atoms with Gasteiger partial charge in [-0.3, -0.25) is 9.59 Å². The Morgan fingerprint density at radius 3 is 2.50 bits per heavy atom. The van der Waals surface area contributed by atoms with Crippen molar-refractivity contribution < 1.29 is 14.7 Å². The molecule has 4 rings (SSSR count). The molecule has 2 fully saturated rings. The number of aromatic nitrogens is 1. The van der Waals surface area contributed by atoms with Crippen molar-refractivity contribution in [1.82, 2.24) is 4.98 Å². The summed E-state index contributed by atoms with van der Waals surface area (Å²) in [7, 11) is 0. The fraction of sp³-hybridized carbons (Fsp3) is 0.421. The van der Waals surface area contributed by atoms with Gasteiger partial charge in [0.1, 0.15) is 0 Å². The molecule has 5 nitrogen and oxygen atoms in total. The number of carbonyl (C=O) groups is 2. The second-order valence-corrected chi connectivity index (χ2v) is 8.78. The van der Waals surface area contributed by atoms with Crippen molar-refractivity contribution in [3.05, 3.63) is 34.2 Å². The topological polar surface area (TPSA) is 79.3 Å². The number of thiazole rings is 1. The van der Waals surface area contributed by atoms with Crippen LogP contribution in [0.5, 0.6) is 0 Å². The molecule has 1 heterocycles. The average molecular weight is 391 g/mol. The van der Waals surface area contributed by atoms with Crippen molar-refractivity contribution in [2.24, 2.45) is 23.7 Å². The summed E-state index contributed by atoms with van der Waals surface area (Å²) in [4.78, 5) is 30.0. The zero-order chi connectivity index (χ0) is 18.4. The van der Waals surface area contributed by atoms with Gasteiger partial charge in [0.15, 0.2) is 5.13 Å². The number of aliphatic carboxylic acids is 1. The fourth-order valence-electron chi connectivity index (χ4n) is 4.54. The van der Waals surface area contributed by atoms with E-state index in [-0.39, 0.29) is 17.7 Å². The molecule has 1 amide bonds. The SMILES string of the molecule is Cc1sc(NC(=O)[C@@H]2[C@H]3CC[C@@H](C3)[C@H]2C(=O)O)nc1-c1ccc(Cl)cc1. The lowest BCUT2D eigenvalue weighted by atomic mass is 9.79. The number of nitrogens with zero attached hydrogens (tertiary/aromatic N) is 1. The maximum absolute atomic E-state index is 12.8. The lowest BCUT2D eigenvalue weighted by molar-refractivity contribution is -0.148. The van der Waals surface area contributed by atoms with Gasteiger partial charge in [0.25, 0.3) is 0 Å². The van der Waals surface area contributed by atoms with Crippen LogP contribution in [0, 0.1) is 30.6 Å². The van der Waals surface area contributed by atoms with Gasteiger partial charge in [-0.05, 0) is 50.2 Å². The molecule has 26 heavy (non-hydrogen) atoms. The number of hydrogen-bond acceptors (Lipinski definition) is 4. The predicted molar refractivity (Wildman–Crippen MR) is 101 cm³/mol. The third kappa shape index (κ3) is 3.01. The number of hydrogen-bond donors (Lipinski definition) is 2. The van der Waals surface area contributed by atoms with Gasteiger partial charge in [0.2, 0.25) is 5.91 Å². The van der Waals surface area contributed by atoms with Crippen molar-refractivity contribution in [3.8, 4) is 11.3 Å². The Labute approximate surface area is 160 Å². The highest BCUT2D eigenvalue weighted by Gasteiger charge is 2.54. The number of rotatable bonds is 4. The van der Waals surface area contributed by atoms with E-state index in [0.29, 0.717) is 10.2 Å². The minimum atomic E-state index is -0.852. The zero-order valence-corrected chi connectivity index (χ0v) is 15.8. The van der Waals surface area contributed by atoms with E-state index in [0.717, 1.165) is 35.4 Å². The summed E-state index contributed by atoms with van der Waals surface area (Å²) in [5, 5.41) is 13.6. The summed E-state index contributed by atoms with van der Waals surface area (Å²) in [5.41, 5.74) is 1.75. The van der Waals surface area contributed by atoms with Gasteiger partial charge >= 0.3 is 5.97 Å². The molecule has 2 aliphatic rings. The molecule has 2 bridgehead atoms. The molecule has 0 saturated heterocycles. The molecule has 2 aliphatic carbocycles. The van der Waals surface area contributed by atoms with Crippen LogP contribution in [-0.2, 0) is 9.59 Å². The van der Waals surface area contributed by atoms with Crippen LogP contribution < -0.4 is 5.32 Å². The van der Waals surface area contributed by atoms with E-state index in [4.69, 9.17) is 11.6 Å². The van der Waals surface area contributed by atoms with E-state index in [2.05, 4.69) is 10.3 Å². The van der Waals surface area contributed by atoms with E-state index >= 15 is 0 Å². The summed E-state index contributed by atoms with van der Waals surface area (Å²) in [5.74, 6) is -1.76. The molecule has 2 N–H and O–H groups in total. The summed E-state index contributed by atoms with van der Waals surface area (Å²) in [6, 6.07) is 7.40. The van der Waals surface area contributed by atoms with Crippen LogP contribution in [0.1, 0.15) is 24.1 Å². The largest absolute Gasteiger partial charge is 0.481 e. The van der Waals surface area contributed by atoms with Gasteiger partial charge in [0, 0.05) is 15.5 Å². The number of anilines is 1. The number of nitrogens with one attached hydrogen (secondary N) is 1. The highest BCUT2D eigenvalue weighted by molar-refractivity contribution is 7.16. The fourth-order valence-corrected chi connectivity index (χ4v) is 5.50. The Morgan fingerprint density at radius 2 is 1.85 bits per heavy atom. The molecule has 0 radical (unpaired) electrons. The monoisotopic (exact) mass is 390 g/mol. The summed E-state index contributed by atoms with van der Waals surface area (Å²) >= 11 is 7.34. The van der Waals surface area contributed by atoms with Crippen LogP contribution in [0.4, 0.5) is 5.13 Å². The molecular formula is C19H19ClN2O3S. The van der Waals surface area contributed by atoms with Gasteiger partial charge in [-0.1, -0.05) is 23.7 Å². The molecule has 0 spiro atoms. The number of aryl methyl sites for hydroxylation is 1. The van der Waals surface area contributed by atoms with Gasteiger partial charge in [-0.15, -0.1) is 11.3 Å². The standard InChI is InChI=1S/C19H19ClN2O3S/c1-9-16(10-4-6-13(20)7-5-10)21-19(26-9)22-17(23)14-11-2-3-12(8-11)15(14)18(24)25/h4-7,11-12,14-15H,2-3,8H2,1H3,(H,24,25)(H,21,22,23)/t11-,12-,14+,15+/m0/s1. The van der Waals surface area contributed by atoms with Gasteiger partial charge in [-0.25, -0.2) is 4.98 Å². The van der Waals surface area contributed by atoms with Crippen LogP contribution in [0.3, 0.4) is 0 Å². The van der Waals surface area contributed by atoms with E-state index in [1.54, 1.807) is 12.1 Å². The summed E-state index contributed by atoms with van der Waals surface area (Å²) < 4.78 is 0. The van der Waals surface area contributed by atoms with E-state index in [1.165, 1.54) is 11.3 Å². The second-order valence-electron chi connectivity index (χ2n) is 7.14. The molecule has 2 aromatic rings. The lowest BCUT2D eigenvalue weighted by Gasteiger charge is -2.26. The smallest absolute Gasteiger partial charge is 0.307 e. The van der Waals surface area contributed by atoms with Crippen molar-refractivity contribution in [3.63, 3.8) is 0 Å². The lowest BCUT2D eigenvalue weighted by Crippen LogP contribution is -2.37. The molecule has 1 aromatic heterocycles. The molecule has 0 aliphatic heterocycles. The number of carboxylic acid groups (broad SMARTS) is 1. The highest BCUT2D eigenvalue weighted by Crippen LogP contribution is 2.52. The Bertz CT molecular complexity index is 864. The van der Waals surface area contributed by atoms with Crippen molar-refractivity contribution in [2.45, 2.75) is 26.2 Å². The summed E-state index contributed by atoms with van der Waals surface area (Å²) in [6.07, 6.45) is 2.71. The quantitative estimate of drug-likeness (QED) is 0.807. The number of fused-ring (bicyclic) bond motifs is 2. The second kappa shape index (κ2) is 6.67. The van der Waals surface area contributed by atoms with E-state index in [1.807, 2.05) is 19.1 Å². The van der Waals surface area contributed by atoms with Crippen LogP contribution in [0.25, 0.3) is 11.3 Å². The third-order valence-corrected chi connectivity index (χ3v) is 6.79. The minimum Gasteiger partial charge on any atom is -0.481 e. The van der Waals surface area contributed by atoms with E-state index < -0.39 is 17.8 Å². The van der Waals surface area contributed by atoms with Crippen molar-refractivity contribution in [1.29, 1.82) is 0 Å². The van der Waals surface area contributed by atoms with Crippen LogP contribution >= 0.6 is 22.9 Å². The van der Waals surface area contributed by atoms with E-state index in [9.17, 15) is 14.7 Å². The molecule has 1 aromatic carbocycles. The minimum absolute atomic E-state index is 0.135. The van der Waals surface area contributed by atoms with Crippen LogP contribution in [0.2, 0.25) is 5.02 Å². The Kier molecular flexibility index (Phi) is 4.49. The van der Waals surface area contributed by atoms with Crippen molar-refractivity contribution >= 4 is 39.9 Å². The first-order chi connectivity index (χ1) is 12.4. The van der Waals surface area contributed by atoms with Crippen LogP contribution in [0.15, 0.2) is 24.3 Å². The van der Waals surface area contributed by atoms with Gasteiger partial charge in [0.05, 0.1) is 17.5 Å². The number of carboxylic acids is 1. The number of benzene rings is 1. The Balaban J connectivity index is 1.54. The van der Waals surface area contributed by atoms with Crippen molar-refractivity contribution in [2.75, 3.05) is 5.32 Å². The molecule has 2 saturated carbocycles. The predicted octanol–water partition coefficient (Wildman–Crippen LogP) is 4.46. The molecule has 7 heteroatoms. The zero-order valence-electron chi connectivity index (χ0n) is 14.2. The molecule has 136 valence electrons. The first-order valence-corrected chi connectivity index (χ1v) is 9.90. The van der Waals surface area contributed by atoms with Crippen LogP contribution in [-0.4, -0.2) is 22.0 Å². The van der Waals surface area contributed by atoms with Gasteiger partial charge < -0.3 is 10.4 Å². The maximum atomic E-state index is 12.8. The first-order valence-electron chi connectivity index (χ1n) is 8.71. The number of halogens is 1. The molecular weight excluding hydrogens is 372 g/mol.